The first kappa shape index (κ1) is 10.7. The zero-order valence-electron chi connectivity index (χ0n) is 9.58. The fraction of sp³-hybridized carbons (Fsp3) is 0.909. The summed E-state index contributed by atoms with van der Waals surface area (Å²) in [5.41, 5.74) is -0.428. The second-order valence-electron chi connectivity index (χ2n) is 5.36. The molecule has 2 rings (SSSR count). The molecule has 2 fully saturated rings. The summed E-state index contributed by atoms with van der Waals surface area (Å²) in [7, 11) is 0. The van der Waals surface area contributed by atoms with Crippen LogP contribution in [0.5, 0.6) is 0 Å². The molecule has 4 heteroatoms. The minimum atomic E-state index is -0.428. The van der Waals surface area contributed by atoms with Gasteiger partial charge in [-0.15, -0.1) is 0 Å². The van der Waals surface area contributed by atoms with E-state index in [1.807, 2.05) is 20.8 Å². The van der Waals surface area contributed by atoms with Crippen molar-refractivity contribution in [2.75, 3.05) is 0 Å². The van der Waals surface area contributed by atoms with E-state index >= 15 is 0 Å². The molecule has 4 nitrogen and oxygen atoms in total. The van der Waals surface area contributed by atoms with Crippen molar-refractivity contribution in [1.29, 1.82) is 0 Å². The van der Waals surface area contributed by atoms with E-state index in [1.54, 1.807) is 0 Å². The third kappa shape index (κ3) is 2.62. The molecule has 0 saturated carbocycles. The van der Waals surface area contributed by atoms with Crippen molar-refractivity contribution in [1.82, 2.24) is 5.32 Å². The van der Waals surface area contributed by atoms with Crippen LogP contribution in [-0.2, 0) is 9.47 Å². The molecule has 2 aliphatic heterocycles. The smallest absolute Gasteiger partial charge is 0.407 e. The zero-order chi connectivity index (χ0) is 11.1. The van der Waals surface area contributed by atoms with Crippen molar-refractivity contribution in [3.05, 3.63) is 0 Å². The molecule has 0 aromatic rings. The number of carbonyl (C=O) groups excluding carboxylic acids is 1. The lowest BCUT2D eigenvalue weighted by atomic mass is 9.96. The van der Waals surface area contributed by atoms with Crippen LogP contribution in [0.2, 0.25) is 0 Å². The first-order valence-corrected chi connectivity index (χ1v) is 5.59. The fourth-order valence-electron chi connectivity index (χ4n) is 2.25. The van der Waals surface area contributed by atoms with E-state index in [0.717, 1.165) is 19.3 Å². The summed E-state index contributed by atoms with van der Waals surface area (Å²) in [5.74, 6) is 0. The minimum absolute atomic E-state index is 0.151. The van der Waals surface area contributed by atoms with Crippen LogP contribution in [0.25, 0.3) is 0 Å². The predicted molar refractivity (Wildman–Crippen MR) is 55.7 cm³/mol. The Kier molecular flexibility index (Phi) is 2.63. The molecule has 3 atom stereocenters. The Morgan fingerprint density at radius 1 is 1.40 bits per heavy atom. The maximum atomic E-state index is 11.5. The average Bonchev–Trinajstić information content (AvgIpc) is 2.60. The number of nitrogens with one attached hydrogen (secondary N) is 1. The van der Waals surface area contributed by atoms with Gasteiger partial charge >= 0.3 is 6.09 Å². The molecule has 0 aromatic heterocycles. The first-order chi connectivity index (χ1) is 6.94. The van der Waals surface area contributed by atoms with Gasteiger partial charge in [0.2, 0.25) is 0 Å². The molecule has 0 radical (unpaired) electrons. The second-order valence-corrected chi connectivity index (χ2v) is 5.36. The average molecular weight is 213 g/mol. The van der Waals surface area contributed by atoms with Crippen LogP contribution in [0.15, 0.2) is 0 Å². The number of fused-ring (bicyclic) bond motifs is 2. The zero-order valence-corrected chi connectivity index (χ0v) is 9.58. The quantitative estimate of drug-likeness (QED) is 0.723. The highest BCUT2D eigenvalue weighted by molar-refractivity contribution is 5.68. The van der Waals surface area contributed by atoms with Gasteiger partial charge in [-0.2, -0.15) is 0 Å². The minimum Gasteiger partial charge on any atom is -0.444 e. The summed E-state index contributed by atoms with van der Waals surface area (Å²) >= 11 is 0. The Morgan fingerprint density at radius 2 is 2.13 bits per heavy atom. The van der Waals surface area contributed by atoms with Crippen LogP contribution in [0, 0.1) is 0 Å². The number of rotatable bonds is 1. The van der Waals surface area contributed by atoms with Gasteiger partial charge in [0.25, 0.3) is 0 Å². The molecule has 2 heterocycles. The molecular formula is C11H19NO3. The van der Waals surface area contributed by atoms with E-state index < -0.39 is 5.60 Å². The molecule has 2 aliphatic rings. The Labute approximate surface area is 90.3 Å². The van der Waals surface area contributed by atoms with E-state index in [4.69, 9.17) is 9.47 Å². The number of hydrogen-bond donors (Lipinski definition) is 1. The summed E-state index contributed by atoms with van der Waals surface area (Å²) in [6, 6.07) is 0.151. The lowest BCUT2D eigenvalue weighted by Gasteiger charge is -2.24. The van der Waals surface area contributed by atoms with Crippen LogP contribution in [0.4, 0.5) is 4.79 Å². The van der Waals surface area contributed by atoms with Gasteiger partial charge in [0, 0.05) is 0 Å². The molecular weight excluding hydrogens is 194 g/mol. The van der Waals surface area contributed by atoms with Gasteiger partial charge in [-0.1, -0.05) is 0 Å². The van der Waals surface area contributed by atoms with Gasteiger partial charge < -0.3 is 14.8 Å². The highest BCUT2D eigenvalue weighted by Crippen LogP contribution is 2.34. The Morgan fingerprint density at radius 3 is 2.60 bits per heavy atom. The molecule has 86 valence electrons. The van der Waals surface area contributed by atoms with E-state index in [0.29, 0.717) is 6.10 Å². The van der Waals surface area contributed by atoms with Crippen molar-refractivity contribution >= 4 is 6.09 Å². The topological polar surface area (TPSA) is 47.6 Å². The maximum absolute atomic E-state index is 11.5. The van der Waals surface area contributed by atoms with Gasteiger partial charge in [-0.25, -0.2) is 4.79 Å². The van der Waals surface area contributed by atoms with E-state index in [-0.39, 0.29) is 18.2 Å². The number of amides is 1. The molecule has 1 amide bonds. The Bertz CT molecular complexity index is 259. The molecule has 0 spiro atoms. The summed E-state index contributed by atoms with van der Waals surface area (Å²) in [5, 5.41) is 2.88. The normalized spacial score (nSPS) is 34.2. The molecule has 0 unspecified atom stereocenters. The van der Waals surface area contributed by atoms with Gasteiger partial charge in [-0.05, 0) is 40.0 Å². The second kappa shape index (κ2) is 3.67. The molecule has 2 bridgehead atoms. The largest absolute Gasteiger partial charge is 0.444 e. The van der Waals surface area contributed by atoms with Crippen LogP contribution >= 0.6 is 0 Å². The van der Waals surface area contributed by atoms with Crippen LogP contribution in [0.1, 0.15) is 40.0 Å². The highest BCUT2D eigenvalue weighted by Gasteiger charge is 2.41. The van der Waals surface area contributed by atoms with E-state index in [1.165, 1.54) is 0 Å². The third-order valence-electron chi connectivity index (χ3n) is 2.81. The van der Waals surface area contributed by atoms with Gasteiger partial charge in [-0.3, -0.25) is 0 Å². The van der Waals surface area contributed by atoms with Crippen molar-refractivity contribution < 1.29 is 14.3 Å². The van der Waals surface area contributed by atoms with Gasteiger partial charge in [0.05, 0.1) is 18.2 Å². The van der Waals surface area contributed by atoms with Crippen molar-refractivity contribution in [2.45, 2.75) is 63.9 Å². The van der Waals surface area contributed by atoms with Crippen molar-refractivity contribution in [3.8, 4) is 0 Å². The summed E-state index contributed by atoms with van der Waals surface area (Å²) < 4.78 is 10.8. The summed E-state index contributed by atoms with van der Waals surface area (Å²) in [6.07, 6.45) is 3.37. The predicted octanol–water partition coefficient (Wildman–Crippen LogP) is 1.83. The van der Waals surface area contributed by atoms with Crippen LogP contribution in [-0.4, -0.2) is 29.9 Å². The Hall–Kier alpha value is -0.770. The van der Waals surface area contributed by atoms with Gasteiger partial charge in [0.1, 0.15) is 5.60 Å². The monoisotopic (exact) mass is 213 g/mol. The standard InChI is InChI=1S/C11H19NO3/c1-11(2,3)15-10(13)12-8-6-7-4-5-9(8)14-7/h7-9H,4-6H2,1-3H3,(H,12,13)/t7-,8-,9+/m1/s1. The summed E-state index contributed by atoms with van der Waals surface area (Å²) in [4.78, 5) is 11.5. The number of hydrogen-bond acceptors (Lipinski definition) is 3. The van der Waals surface area contributed by atoms with Crippen molar-refractivity contribution in [2.24, 2.45) is 0 Å². The first-order valence-electron chi connectivity index (χ1n) is 5.59. The van der Waals surface area contributed by atoms with Crippen LogP contribution < -0.4 is 5.32 Å². The fourth-order valence-corrected chi connectivity index (χ4v) is 2.25. The molecule has 1 N–H and O–H groups in total. The van der Waals surface area contributed by atoms with E-state index in [9.17, 15) is 4.79 Å². The van der Waals surface area contributed by atoms with E-state index in [2.05, 4.69) is 5.32 Å². The lowest BCUT2D eigenvalue weighted by molar-refractivity contribution is 0.0461. The molecule has 0 aromatic carbocycles. The molecule has 15 heavy (non-hydrogen) atoms. The Balaban J connectivity index is 1.80. The van der Waals surface area contributed by atoms with Crippen LogP contribution in [0.3, 0.4) is 0 Å². The van der Waals surface area contributed by atoms with Crippen molar-refractivity contribution in [3.63, 3.8) is 0 Å². The molecule has 0 aliphatic carbocycles. The SMILES string of the molecule is CC(C)(C)OC(=O)N[C@@H]1C[C@H]2CC[C@@H]1O2. The number of carbonyl (C=O) groups is 1. The number of ether oxygens (including phenoxy) is 2. The van der Waals surface area contributed by atoms with Gasteiger partial charge in [0.15, 0.2) is 0 Å². The number of alkyl carbamates (subject to hydrolysis) is 1. The third-order valence-corrected chi connectivity index (χ3v) is 2.81. The maximum Gasteiger partial charge on any atom is 0.407 e. The highest BCUT2D eigenvalue weighted by atomic mass is 16.6. The summed E-state index contributed by atoms with van der Waals surface area (Å²) in [6.45, 7) is 5.59. The molecule has 2 saturated heterocycles. The lowest BCUT2D eigenvalue weighted by Crippen LogP contribution is -2.43.